The van der Waals surface area contributed by atoms with Crippen LogP contribution in [-0.2, 0) is 16.9 Å². The van der Waals surface area contributed by atoms with E-state index in [-0.39, 0.29) is 0 Å². The van der Waals surface area contributed by atoms with E-state index in [1.54, 1.807) is 24.5 Å². The Morgan fingerprint density at radius 1 is 1.12 bits per heavy atom. The molecule has 8 heteroatoms. The molecule has 1 aromatic carbocycles. The molecule has 0 spiro atoms. The summed E-state index contributed by atoms with van der Waals surface area (Å²) >= 11 is 0. The van der Waals surface area contributed by atoms with Crippen LogP contribution >= 0.6 is 0 Å². The van der Waals surface area contributed by atoms with Gasteiger partial charge in [-0.3, -0.25) is 4.68 Å². The average Bonchev–Trinajstić information content (AvgIpc) is 3.06. The molecule has 136 valence electrons. The summed E-state index contributed by atoms with van der Waals surface area (Å²) in [5.74, 6) is 1.29. The molecule has 1 saturated heterocycles. The van der Waals surface area contributed by atoms with E-state index < -0.39 is 9.84 Å². The highest BCUT2D eigenvalue weighted by Crippen LogP contribution is 2.32. The number of fused-ring (bicyclic) bond motifs is 1. The number of benzene rings is 1. The van der Waals surface area contributed by atoms with Gasteiger partial charge >= 0.3 is 0 Å². The van der Waals surface area contributed by atoms with Gasteiger partial charge in [-0.25, -0.2) is 18.4 Å². The van der Waals surface area contributed by atoms with Crippen molar-refractivity contribution in [1.29, 1.82) is 0 Å². The Morgan fingerprint density at radius 3 is 2.54 bits per heavy atom. The maximum Gasteiger partial charge on any atom is 0.175 e. The highest BCUT2D eigenvalue weighted by atomic mass is 32.2. The molecule has 0 unspecified atom stereocenters. The van der Waals surface area contributed by atoms with Crippen molar-refractivity contribution in [2.45, 2.75) is 23.7 Å². The number of hydrogen-bond acceptors (Lipinski definition) is 6. The van der Waals surface area contributed by atoms with Crippen LogP contribution in [-0.4, -0.2) is 47.5 Å². The molecule has 7 nitrogen and oxygen atoms in total. The number of nitrogens with zero attached hydrogens (tertiary/aromatic N) is 5. The van der Waals surface area contributed by atoms with Gasteiger partial charge in [-0.1, -0.05) is 0 Å². The second kappa shape index (κ2) is 6.35. The quantitative estimate of drug-likeness (QED) is 0.702. The Kier molecular flexibility index (Phi) is 4.14. The van der Waals surface area contributed by atoms with Gasteiger partial charge in [0.1, 0.15) is 12.1 Å². The van der Waals surface area contributed by atoms with Gasteiger partial charge in [-0.2, -0.15) is 5.10 Å². The lowest BCUT2D eigenvalue weighted by molar-refractivity contribution is 0.476. The SMILES string of the molecule is Cn1nccc1C1CCN(c2ncnc3ccc(S(C)(=O)=O)cc23)CC1. The summed E-state index contributed by atoms with van der Waals surface area (Å²) in [6, 6.07) is 7.12. The van der Waals surface area contributed by atoms with Crippen LogP contribution in [0.5, 0.6) is 0 Å². The fourth-order valence-electron chi connectivity index (χ4n) is 3.68. The van der Waals surface area contributed by atoms with Crippen molar-refractivity contribution in [3.05, 3.63) is 42.5 Å². The smallest absolute Gasteiger partial charge is 0.175 e. The maximum atomic E-state index is 11.9. The van der Waals surface area contributed by atoms with Crippen molar-refractivity contribution in [3.8, 4) is 0 Å². The minimum absolute atomic E-state index is 0.297. The van der Waals surface area contributed by atoms with Crippen LogP contribution < -0.4 is 4.90 Å². The highest BCUT2D eigenvalue weighted by Gasteiger charge is 2.24. The fraction of sp³-hybridized carbons (Fsp3) is 0.389. The number of aryl methyl sites for hydroxylation is 1. The Balaban J connectivity index is 1.64. The number of rotatable bonds is 3. The molecule has 0 bridgehead atoms. The number of aromatic nitrogens is 4. The molecule has 0 saturated carbocycles. The van der Waals surface area contributed by atoms with Gasteiger partial charge in [0.25, 0.3) is 0 Å². The number of sulfone groups is 1. The van der Waals surface area contributed by atoms with E-state index in [1.807, 2.05) is 17.9 Å². The van der Waals surface area contributed by atoms with Crippen molar-refractivity contribution < 1.29 is 8.42 Å². The van der Waals surface area contributed by atoms with Gasteiger partial charge in [0.2, 0.25) is 0 Å². The molecular weight excluding hydrogens is 350 g/mol. The van der Waals surface area contributed by atoms with Crippen LogP contribution in [0.1, 0.15) is 24.5 Å². The van der Waals surface area contributed by atoms with Crippen molar-refractivity contribution in [1.82, 2.24) is 19.7 Å². The number of hydrogen-bond donors (Lipinski definition) is 0. The van der Waals surface area contributed by atoms with Crippen LogP contribution in [0.25, 0.3) is 10.9 Å². The summed E-state index contributed by atoms with van der Waals surface area (Å²) in [7, 11) is -1.29. The Morgan fingerprint density at radius 2 is 1.88 bits per heavy atom. The maximum absolute atomic E-state index is 11.9. The molecule has 3 aromatic rings. The minimum atomic E-state index is -3.27. The summed E-state index contributed by atoms with van der Waals surface area (Å²) in [5, 5.41) is 5.05. The third-order valence-corrected chi connectivity index (χ3v) is 6.20. The Labute approximate surface area is 152 Å². The van der Waals surface area contributed by atoms with E-state index in [1.165, 1.54) is 11.9 Å². The second-order valence-corrected chi connectivity index (χ2v) is 8.81. The lowest BCUT2D eigenvalue weighted by atomic mass is 9.93. The van der Waals surface area contributed by atoms with Gasteiger partial charge in [0.05, 0.1) is 10.4 Å². The largest absolute Gasteiger partial charge is 0.356 e. The number of anilines is 1. The van der Waals surface area contributed by atoms with Crippen molar-refractivity contribution in [2.24, 2.45) is 7.05 Å². The van der Waals surface area contributed by atoms with Crippen LogP contribution in [0, 0.1) is 0 Å². The van der Waals surface area contributed by atoms with E-state index in [9.17, 15) is 8.42 Å². The lowest BCUT2D eigenvalue weighted by Crippen LogP contribution is -2.34. The van der Waals surface area contributed by atoms with Gasteiger partial charge in [-0.05, 0) is 37.1 Å². The van der Waals surface area contributed by atoms with Gasteiger partial charge in [0, 0.05) is 49.6 Å². The summed E-state index contributed by atoms with van der Waals surface area (Å²) < 4.78 is 25.8. The lowest BCUT2D eigenvalue weighted by Gasteiger charge is -2.33. The topological polar surface area (TPSA) is 81.0 Å². The zero-order chi connectivity index (χ0) is 18.3. The van der Waals surface area contributed by atoms with Crippen LogP contribution in [0.15, 0.2) is 41.7 Å². The highest BCUT2D eigenvalue weighted by molar-refractivity contribution is 7.90. The summed E-state index contributed by atoms with van der Waals surface area (Å²) in [4.78, 5) is 11.3. The summed E-state index contributed by atoms with van der Waals surface area (Å²) in [6.07, 6.45) is 6.63. The first-order chi connectivity index (χ1) is 12.4. The molecule has 1 aliphatic rings. The molecule has 0 aliphatic carbocycles. The Hall–Kier alpha value is -2.48. The Bertz CT molecular complexity index is 1050. The first kappa shape index (κ1) is 17.0. The molecule has 0 atom stereocenters. The van der Waals surface area contributed by atoms with Gasteiger partial charge in [0.15, 0.2) is 9.84 Å². The van der Waals surface area contributed by atoms with E-state index in [2.05, 4.69) is 26.0 Å². The third kappa shape index (κ3) is 3.05. The first-order valence-electron chi connectivity index (χ1n) is 8.61. The normalized spacial score (nSPS) is 16.3. The van der Waals surface area contributed by atoms with Crippen molar-refractivity contribution in [3.63, 3.8) is 0 Å². The molecule has 4 rings (SSSR count). The molecule has 2 aromatic heterocycles. The van der Waals surface area contributed by atoms with E-state index in [0.29, 0.717) is 10.8 Å². The standard InChI is InChI=1S/C18H21N5O2S/c1-22-17(5-8-21-22)13-6-9-23(10-7-13)18-15-11-14(26(2,24)25)3-4-16(15)19-12-20-18/h3-5,8,11-13H,6-7,9-10H2,1-2H3. The zero-order valence-electron chi connectivity index (χ0n) is 14.8. The van der Waals surface area contributed by atoms with Crippen LogP contribution in [0.4, 0.5) is 5.82 Å². The average molecular weight is 371 g/mol. The van der Waals surface area contributed by atoms with Crippen LogP contribution in [0.3, 0.4) is 0 Å². The fourth-order valence-corrected chi connectivity index (χ4v) is 4.32. The van der Waals surface area contributed by atoms with E-state index >= 15 is 0 Å². The van der Waals surface area contributed by atoms with Gasteiger partial charge < -0.3 is 4.90 Å². The monoisotopic (exact) mass is 371 g/mol. The minimum Gasteiger partial charge on any atom is -0.356 e. The molecule has 26 heavy (non-hydrogen) atoms. The van der Waals surface area contributed by atoms with Crippen molar-refractivity contribution in [2.75, 3.05) is 24.2 Å². The predicted molar refractivity (Wildman–Crippen MR) is 100 cm³/mol. The van der Waals surface area contributed by atoms with Gasteiger partial charge in [-0.15, -0.1) is 0 Å². The molecule has 1 fully saturated rings. The molecule has 3 heterocycles. The van der Waals surface area contributed by atoms with E-state index in [4.69, 9.17) is 0 Å². The molecular formula is C18H21N5O2S. The van der Waals surface area contributed by atoms with E-state index in [0.717, 1.165) is 42.7 Å². The zero-order valence-corrected chi connectivity index (χ0v) is 15.6. The molecule has 0 amide bonds. The van der Waals surface area contributed by atoms with Crippen molar-refractivity contribution >= 4 is 26.6 Å². The third-order valence-electron chi connectivity index (χ3n) is 5.09. The summed E-state index contributed by atoms with van der Waals surface area (Å²) in [5.41, 5.74) is 2.02. The summed E-state index contributed by atoms with van der Waals surface area (Å²) in [6.45, 7) is 1.73. The van der Waals surface area contributed by atoms with Crippen LogP contribution in [0.2, 0.25) is 0 Å². The molecule has 1 aliphatic heterocycles. The molecule has 0 N–H and O–H groups in total. The first-order valence-corrected chi connectivity index (χ1v) is 10.5. The number of piperidine rings is 1. The second-order valence-electron chi connectivity index (χ2n) is 6.79. The molecule has 0 radical (unpaired) electrons. The predicted octanol–water partition coefficient (Wildman–Crippen LogP) is 2.15.